The third kappa shape index (κ3) is 4.96. The number of carbonyl (C=O) groups is 1. The Morgan fingerprint density at radius 1 is 1.21 bits per heavy atom. The molecule has 0 saturated carbocycles. The summed E-state index contributed by atoms with van der Waals surface area (Å²) in [7, 11) is 0. The van der Waals surface area contributed by atoms with Crippen LogP contribution in [-0.2, 0) is 8.56 Å². The fourth-order valence-corrected chi connectivity index (χ4v) is 6.87. The molecule has 0 heterocycles. The van der Waals surface area contributed by atoms with Crippen LogP contribution in [0.4, 0.5) is 0 Å². The van der Waals surface area contributed by atoms with Crippen molar-refractivity contribution in [3.63, 3.8) is 0 Å². The van der Waals surface area contributed by atoms with Gasteiger partial charge in [0.1, 0.15) is 0 Å². The van der Waals surface area contributed by atoms with Gasteiger partial charge >= 0.3 is 90.2 Å². The first-order valence-corrected chi connectivity index (χ1v) is 10.7. The summed E-state index contributed by atoms with van der Waals surface area (Å²) in [6.07, 6.45) is 3.43. The van der Waals surface area contributed by atoms with Crippen LogP contribution in [0, 0.1) is 0 Å². The van der Waals surface area contributed by atoms with Gasteiger partial charge in [0, 0.05) is 0 Å². The second kappa shape index (κ2) is 7.24. The van der Waals surface area contributed by atoms with Gasteiger partial charge in [-0.1, -0.05) is 0 Å². The topological polar surface area (TPSA) is 26.3 Å². The number of ketones is 1. The molecule has 0 rings (SSSR count). The number of hydrogen-bond acceptors (Lipinski definition) is 2. The third-order valence-corrected chi connectivity index (χ3v) is 12.5. The van der Waals surface area contributed by atoms with Crippen molar-refractivity contribution in [2.24, 2.45) is 0 Å². The molecule has 2 nitrogen and oxygen atoms in total. The number of allylic oxidation sites excluding steroid dienone is 1. The van der Waals surface area contributed by atoms with Crippen LogP contribution < -0.4 is 0 Å². The van der Waals surface area contributed by atoms with Crippen LogP contribution in [0.25, 0.3) is 0 Å². The summed E-state index contributed by atoms with van der Waals surface area (Å²) in [5, 5.41) is 3.63. The summed E-state index contributed by atoms with van der Waals surface area (Å²) in [5.41, 5.74) is 0. The van der Waals surface area contributed by atoms with Crippen LogP contribution in [0.3, 0.4) is 0 Å². The standard InChI is InChI=1S/C11H22GeO2/c1-5-12(6-2,7-3)14-10-8-9-11(4)13/h8-9H,5-7,10H2,1-4H3. The summed E-state index contributed by atoms with van der Waals surface area (Å²) < 4.78 is 5.98. The molecule has 0 aliphatic heterocycles. The van der Waals surface area contributed by atoms with E-state index in [4.69, 9.17) is 3.76 Å². The number of rotatable bonds is 7. The monoisotopic (exact) mass is 260 g/mol. The zero-order chi connectivity index (χ0) is 11.0. The van der Waals surface area contributed by atoms with Crippen molar-refractivity contribution >= 4 is 19.4 Å². The van der Waals surface area contributed by atoms with Gasteiger partial charge in [0.15, 0.2) is 0 Å². The Labute approximate surface area is 90.4 Å². The molecule has 14 heavy (non-hydrogen) atoms. The molecule has 0 unspecified atom stereocenters. The van der Waals surface area contributed by atoms with E-state index < -0.39 is 13.6 Å². The van der Waals surface area contributed by atoms with Gasteiger partial charge in [-0.15, -0.1) is 0 Å². The Hall–Kier alpha value is -0.0871. The molecule has 0 spiro atoms. The van der Waals surface area contributed by atoms with Crippen molar-refractivity contribution in [3.8, 4) is 0 Å². The zero-order valence-corrected chi connectivity index (χ0v) is 11.9. The summed E-state index contributed by atoms with van der Waals surface area (Å²) in [6.45, 7) is 8.85. The Morgan fingerprint density at radius 2 is 1.71 bits per heavy atom. The van der Waals surface area contributed by atoms with Gasteiger partial charge in [0.25, 0.3) is 0 Å². The molecule has 0 aromatic heterocycles. The second-order valence-corrected chi connectivity index (χ2v) is 13.6. The predicted octanol–water partition coefficient (Wildman–Crippen LogP) is 3.15. The summed E-state index contributed by atoms with van der Waals surface area (Å²) in [4.78, 5) is 10.6. The maximum absolute atomic E-state index is 10.6. The molecule has 0 saturated heterocycles. The zero-order valence-electron chi connectivity index (χ0n) is 9.80. The van der Waals surface area contributed by atoms with Gasteiger partial charge in [-0.05, 0) is 0 Å². The molecule has 0 aliphatic carbocycles. The van der Waals surface area contributed by atoms with E-state index in [-0.39, 0.29) is 5.78 Å². The van der Waals surface area contributed by atoms with E-state index in [1.54, 1.807) is 13.0 Å². The normalized spacial score (nSPS) is 12.3. The van der Waals surface area contributed by atoms with Crippen LogP contribution in [-0.4, -0.2) is 26.0 Å². The first kappa shape index (κ1) is 13.9. The van der Waals surface area contributed by atoms with Gasteiger partial charge in [0.2, 0.25) is 0 Å². The summed E-state index contributed by atoms with van der Waals surface area (Å²) in [6, 6.07) is 0. The first-order valence-electron chi connectivity index (χ1n) is 5.41. The van der Waals surface area contributed by atoms with Crippen molar-refractivity contribution < 1.29 is 8.56 Å². The van der Waals surface area contributed by atoms with E-state index in [9.17, 15) is 4.79 Å². The van der Waals surface area contributed by atoms with E-state index in [1.807, 2.05) is 6.08 Å². The van der Waals surface area contributed by atoms with Crippen LogP contribution in [0.15, 0.2) is 12.2 Å². The van der Waals surface area contributed by atoms with Crippen molar-refractivity contribution in [2.75, 3.05) is 6.61 Å². The quantitative estimate of drug-likeness (QED) is 0.518. The van der Waals surface area contributed by atoms with Gasteiger partial charge in [-0.25, -0.2) is 0 Å². The number of hydrogen-bond donors (Lipinski definition) is 0. The Bertz CT molecular complexity index is 187. The van der Waals surface area contributed by atoms with Crippen molar-refractivity contribution in [1.82, 2.24) is 0 Å². The number of carbonyl (C=O) groups excluding carboxylic acids is 1. The van der Waals surface area contributed by atoms with E-state index in [1.165, 1.54) is 15.8 Å². The van der Waals surface area contributed by atoms with E-state index in [2.05, 4.69) is 20.8 Å². The average Bonchev–Trinajstić information content (AvgIpc) is 2.19. The Balaban J connectivity index is 4.00. The SMILES string of the molecule is C[CH2][Ge]([CH2]C)([CH2]C)[O]CC=CC(C)=O. The van der Waals surface area contributed by atoms with Crippen LogP contribution in [0.1, 0.15) is 27.7 Å². The molecular formula is C11H22GeO2. The third-order valence-electron chi connectivity index (χ3n) is 2.77. The van der Waals surface area contributed by atoms with Crippen LogP contribution in [0.2, 0.25) is 15.8 Å². The summed E-state index contributed by atoms with van der Waals surface area (Å²) in [5.74, 6) is 0.0937. The van der Waals surface area contributed by atoms with Crippen LogP contribution >= 0.6 is 0 Å². The molecule has 0 radical (unpaired) electrons. The van der Waals surface area contributed by atoms with Gasteiger partial charge in [-0.2, -0.15) is 0 Å². The van der Waals surface area contributed by atoms with E-state index in [0.717, 1.165) is 0 Å². The molecule has 0 aromatic rings. The van der Waals surface area contributed by atoms with Crippen LogP contribution in [0.5, 0.6) is 0 Å². The molecular weight excluding hydrogens is 237 g/mol. The molecule has 0 fully saturated rings. The molecule has 0 amide bonds. The predicted molar refractivity (Wildman–Crippen MR) is 63.0 cm³/mol. The minimum atomic E-state index is -1.96. The van der Waals surface area contributed by atoms with Gasteiger partial charge in [-0.3, -0.25) is 0 Å². The van der Waals surface area contributed by atoms with E-state index in [0.29, 0.717) is 6.61 Å². The van der Waals surface area contributed by atoms with E-state index >= 15 is 0 Å². The Kier molecular flexibility index (Phi) is 7.19. The molecule has 3 heteroatoms. The van der Waals surface area contributed by atoms with Crippen molar-refractivity contribution in [2.45, 2.75) is 43.5 Å². The molecule has 0 aliphatic rings. The van der Waals surface area contributed by atoms with Gasteiger partial charge < -0.3 is 0 Å². The Morgan fingerprint density at radius 3 is 2.07 bits per heavy atom. The summed E-state index contributed by atoms with van der Waals surface area (Å²) >= 11 is -1.96. The maximum atomic E-state index is 10.6. The molecule has 0 N–H and O–H groups in total. The molecule has 0 bridgehead atoms. The molecule has 82 valence electrons. The first-order chi connectivity index (χ1) is 6.60. The molecule has 0 aromatic carbocycles. The van der Waals surface area contributed by atoms with Crippen molar-refractivity contribution in [3.05, 3.63) is 12.2 Å². The van der Waals surface area contributed by atoms with Gasteiger partial charge in [0.05, 0.1) is 0 Å². The molecule has 0 atom stereocenters. The minimum absolute atomic E-state index is 0.0937. The van der Waals surface area contributed by atoms with Crippen molar-refractivity contribution in [1.29, 1.82) is 0 Å². The fourth-order valence-electron chi connectivity index (χ4n) is 1.50. The average molecular weight is 259 g/mol. The fraction of sp³-hybridized carbons (Fsp3) is 0.727. The second-order valence-electron chi connectivity index (χ2n) is 3.57.